The molecule has 0 radical (unpaired) electrons. The fourth-order valence-corrected chi connectivity index (χ4v) is 5.08. The van der Waals surface area contributed by atoms with E-state index in [1.165, 1.54) is 6.92 Å². The maximum Gasteiger partial charge on any atom is 0.228 e. The molecule has 2 aromatic carbocycles. The summed E-state index contributed by atoms with van der Waals surface area (Å²) in [5.74, 6) is -0.246. The Kier molecular flexibility index (Phi) is 7.82. The molecule has 0 aliphatic carbocycles. The van der Waals surface area contributed by atoms with Gasteiger partial charge in [-0.1, -0.05) is 54.6 Å². The van der Waals surface area contributed by atoms with Crippen LogP contribution in [0.5, 0.6) is 0 Å². The van der Waals surface area contributed by atoms with Crippen LogP contribution in [0, 0.1) is 6.92 Å². The van der Waals surface area contributed by atoms with Crippen molar-refractivity contribution in [2.45, 2.75) is 37.8 Å². The summed E-state index contributed by atoms with van der Waals surface area (Å²) in [6.07, 6.45) is 1.55. The summed E-state index contributed by atoms with van der Waals surface area (Å²) in [6.45, 7) is 4.78. The highest BCUT2D eigenvalue weighted by molar-refractivity contribution is 7.90. The number of hydrogen-bond donors (Lipinski definition) is 0. The van der Waals surface area contributed by atoms with Crippen LogP contribution in [0.2, 0.25) is 0 Å². The Hall–Kier alpha value is -2.97. The molecule has 8 heteroatoms. The highest BCUT2D eigenvalue weighted by atomic mass is 32.2. The van der Waals surface area contributed by atoms with Gasteiger partial charge < -0.3 is 14.2 Å². The molecule has 0 N–H and O–H groups in total. The van der Waals surface area contributed by atoms with Crippen LogP contribution in [0.3, 0.4) is 0 Å². The Morgan fingerprint density at radius 2 is 1.78 bits per heavy atom. The van der Waals surface area contributed by atoms with Gasteiger partial charge in [-0.05, 0) is 23.6 Å². The number of aromatic nitrogens is 2. The third kappa shape index (κ3) is 5.83. The average molecular weight is 456 g/mol. The summed E-state index contributed by atoms with van der Waals surface area (Å²) >= 11 is 0. The first kappa shape index (κ1) is 23.7. The molecular formula is C24H29N3O4S. The average Bonchev–Trinajstić information content (AvgIpc) is 3.16. The lowest BCUT2D eigenvalue weighted by Gasteiger charge is -2.22. The van der Waals surface area contributed by atoms with Gasteiger partial charge in [0.05, 0.1) is 37.3 Å². The molecule has 0 saturated heterocycles. The van der Waals surface area contributed by atoms with Gasteiger partial charge in [0, 0.05) is 20.6 Å². The van der Waals surface area contributed by atoms with Crippen LogP contribution < -0.4 is 0 Å². The predicted octanol–water partition coefficient (Wildman–Crippen LogP) is 3.21. The fourth-order valence-electron chi connectivity index (χ4n) is 3.49. The van der Waals surface area contributed by atoms with E-state index in [9.17, 15) is 13.2 Å². The number of carbonyl (C=O) groups is 1. The summed E-state index contributed by atoms with van der Waals surface area (Å²) in [7, 11) is -2.14. The molecule has 0 saturated carbocycles. The van der Waals surface area contributed by atoms with Gasteiger partial charge in [0.2, 0.25) is 20.9 Å². The van der Waals surface area contributed by atoms with Crippen molar-refractivity contribution in [3.63, 3.8) is 0 Å². The van der Waals surface area contributed by atoms with Crippen molar-refractivity contribution in [1.82, 2.24) is 14.5 Å². The monoisotopic (exact) mass is 455 g/mol. The molecule has 0 atom stereocenters. The second-order valence-electron chi connectivity index (χ2n) is 7.72. The summed E-state index contributed by atoms with van der Waals surface area (Å²) in [5.41, 5.74) is 3.27. The van der Waals surface area contributed by atoms with E-state index in [0.29, 0.717) is 25.4 Å². The minimum absolute atomic E-state index is 0.00912. The summed E-state index contributed by atoms with van der Waals surface area (Å²) in [4.78, 5) is 18.1. The van der Waals surface area contributed by atoms with Crippen molar-refractivity contribution >= 4 is 15.7 Å². The van der Waals surface area contributed by atoms with E-state index in [1.807, 2.05) is 61.5 Å². The standard InChI is InChI=1S/C24H29N3O4S/c1-19-9-7-8-12-22(19)18-32(29,30)24-25-15-23(17-26(20(2)28)13-14-31-3)27(24)16-21-10-5-4-6-11-21/h4-12,15H,13-14,16-18H2,1-3H3. The number of amides is 1. The van der Waals surface area contributed by atoms with Gasteiger partial charge in [0.25, 0.3) is 0 Å². The lowest BCUT2D eigenvalue weighted by atomic mass is 10.1. The third-order valence-corrected chi connectivity index (χ3v) is 6.91. The number of imidazole rings is 1. The van der Waals surface area contributed by atoms with Gasteiger partial charge in [-0.2, -0.15) is 0 Å². The van der Waals surface area contributed by atoms with Crippen LogP contribution in [0.4, 0.5) is 0 Å². The van der Waals surface area contributed by atoms with Crippen molar-refractivity contribution in [2.24, 2.45) is 0 Å². The molecule has 3 rings (SSSR count). The van der Waals surface area contributed by atoms with Crippen LogP contribution in [0.25, 0.3) is 0 Å². The predicted molar refractivity (Wildman–Crippen MR) is 123 cm³/mol. The van der Waals surface area contributed by atoms with Crippen molar-refractivity contribution in [1.29, 1.82) is 0 Å². The molecule has 0 bridgehead atoms. The van der Waals surface area contributed by atoms with E-state index in [-0.39, 0.29) is 23.4 Å². The van der Waals surface area contributed by atoms with Gasteiger partial charge in [-0.3, -0.25) is 4.79 Å². The minimum Gasteiger partial charge on any atom is -0.383 e. The van der Waals surface area contributed by atoms with Gasteiger partial charge in [-0.25, -0.2) is 13.4 Å². The Bertz CT molecular complexity index is 1160. The second kappa shape index (κ2) is 10.6. The van der Waals surface area contributed by atoms with E-state index in [4.69, 9.17) is 4.74 Å². The zero-order valence-corrected chi connectivity index (χ0v) is 19.5. The van der Waals surface area contributed by atoms with Crippen molar-refractivity contribution in [3.05, 3.63) is 83.2 Å². The topological polar surface area (TPSA) is 81.5 Å². The number of sulfone groups is 1. The Labute approximate surface area is 189 Å². The Morgan fingerprint density at radius 1 is 1.09 bits per heavy atom. The molecule has 1 amide bonds. The first-order chi connectivity index (χ1) is 15.3. The second-order valence-corrected chi connectivity index (χ2v) is 9.61. The molecule has 1 heterocycles. The van der Waals surface area contributed by atoms with Gasteiger partial charge in [0.15, 0.2) is 0 Å². The molecule has 3 aromatic rings. The number of rotatable bonds is 10. The zero-order valence-electron chi connectivity index (χ0n) is 18.7. The SMILES string of the molecule is COCCN(Cc1cnc(S(=O)(=O)Cc2ccccc2C)n1Cc1ccccc1)C(C)=O. The first-order valence-corrected chi connectivity index (χ1v) is 12.1. The van der Waals surface area contributed by atoms with E-state index < -0.39 is 9.84 Å². The number of aryl methyl sites for hydroxylation is 1. The quantitative estimate of drug-likeness (QED) is 0.469. The van der Waals surface area contributed by atoms with Gasteiger partial charge in [0.1, 0.15) is 0 Å². The van der Waals surface area contributed by atoms with Crippen LogP contribution in [0.15, 0.2) is 66.0 Å². The minimum atomic E-state index is -3.72. The third-order valence-electron chi connectivity index (χ3n) is 5.33. The molecule has 0 aliphatic heterocycles. The van der Waals surface area contributed by atoms with Gasteiger partial charge in [-0.15, -0.1) is 0 Å². The fraction of sp³-hybridized carbons (Fsp3) is 0.333. The number of ether oxygens (including phenoxy) is 1. The molecule has 0 unspecified atom stereocenters. The molecule has 0 aliphatic rings. The van der Waals surface area contributed by atoms with Crippen LogP contribution in [-0.4, -0.2) is 49.0 Å². The van der Waals surface area contributed by atoms with Crippen molar-refractivity contribution in [2.75, 3.05) is 20.3 Å². The summed E-state index contributed by atoms with van der Waals surface area (Å²) in [5, 5.41) is 0.00912. The van der Waals surface area contributed by atoms with E-state index in [0.717, 1.165) is 16.7 Å². The summed E-state index contributed by atoms with van der Waals surface area (Å²) < 4.78 is 33.6. The Morgan fingerprint density at radius 3 is 2.44 bits per heavy atom. The molecular weight excluding hydrogens is 426 g/mol. The number of nitrogens with zero attached hydrogens (tertiary/aromatic N) is 3. The smallest absolute Gasteiger partial charge is 0.228 e. The molecule has 32 heavy (non-hydrogen) atoms. The maximum absolute atomic E-state index is 13.4. The van der Waals surface area contributed by atoms with Crippen LogP contribution in [-0.2, 0) is 38.2 Å². The molecule has 170 valence electrons. The lowest BCUT2D eigenvalue weighted by Crippen LogP contribution is -2.32. The summed E-state index contributed by atoms with van der Waals surface area (Å²) in [6, 6.07) is 17.0. The normalized spacial score (nSPS) is 11.5. The number of methoxy groups -OCH3 is 1. The molecule has 7 nitrogen and oxygen atoms in total. The molecule has 0 fully saturated rings. The lowest BCUT2D eigenvalue weighted by molar-refractivity contribution is -0.130. The highest BCUT2D eigenvalue weighted by Crippen LogP contribution is 2.21. The zero-order chi connectivity index (χ0) is 23.1. The van der Waals surface area contributed by atoms with Crippen molar-refractivity contribution < 1.29 is 17.9 Å². The number of carbonyl (C=O) groups excluding carboxylic acids is 1. The first-order valence-electron chi connectivity index (χ1n) is 10.4. The molecule has 0 spiro atoms. The van der Waals surface area contributed by atoms with Crippen LogP contribution >= 0.6 is 0 Å². The van der Waals surface area contributed by atoms with Crippen LogP contribution in [0.1, 0.15) is 29.3 Å². The van der Waals surface area contributed by atoms with E-state index in [2.05, 4.69) is 4.98 Å². The highest BCUT2D eigenvalue weighted by Gasteiger charge is 2.25. The largest absolute Gasteiger partial charge is 0.383 e. The van der Waals surface area contributed by atoms with Crippen molar-refractivity contribution in [3.8, 4) is 0 Å². The Balaban J connectivity index is 2.00. The number of benzene rings is 2. The van der Waals surface area contributed by atoms with E-state index in [1.54, 1.807) is 22.8 Å². The maximum atomic E-state index is 13.4. The van der Waals surface area contributed by atoms with Gasteiger partial charge >= 0.3 is 0 Å². The number of hydrogen-bond acceptors (Lipinski definition) is 5. The molecule has 1 aromatic heterocycles. The van der Waals surface area contributed by atoms with E-state index >= 15 is 0 Å².